The number of carbonyl (C=O) groups is 1. The lowest BCUT2D eigenvalue weighted by molar-refractivity contribution is 0.0928. The van der Waals surface area contributed by atoms with Gasteiger partial charge in [0.15, 0.2) is 0 Å². The first-order chi connectivity index (χ1) is 9.58. The van der Waals surface area contributed by atoms with E-state index in [9.17, 15) is 4.79 Å². The van der Waals surface area contributed by atoms with E-state index in [1.54, 1.807) is 12.1 Å². The topological polar surface area (TPSA) is 32.3 Å². The van der Waals surface area contributed by atoms with Crippen molar-refractivity contribution in [2.75, 3.05) is 11.9 Å². The number of fused-ring (bicyclic) bond motifs is 1. The molecule has 102 valence electrons. The van der Waals surface area contributed by atoms with Gasteiger partial charge in [0.05, 0.1) is 21.3 Å². The maximum Gasteiger partial charge on any atom is 0.255 e. The van der Waals surface area contributed by atoms with Crippen LogP contribution in [0.4, 0.5) is 5.69 Å². The van der Waals surface area contributed by atoms with Crippen molar-refractivity contribution in [2.24, 2.45) is 0 Å². The highest BCUT2D eigenvalue weighted by Gasteiger charge is 2.29. The molecule has 1 N–H and O–H groups in total. The number of rotatable bonds is 1. The molecular weight excluding hydrogens is 295 g/mol. The van der Waals surface area contributed by atoms with Crippen LogP contribution in [-0.2, 0) is 0 Å². The molecular formula is C15H12Cl2N2O. The summed E-state index contributed by atoms with van der Waals surface area (Å²) in [5, 5.41) is 3.95. The summed E-state index contributed by atoms with van der Waals surface area (Å²) < 4.78 is 0. The third-order valence-corrected chi connectivity index (χ3v) is 4.18. The van der Waals surface area contributed by atoms with E-state index in [0.717, 1.165) is 11.3 Å². The largest absolute Gasteiger partial charge is 0.350 e. The normalized spacial score (nSPS) is 17.6. The van der Waals surface area contributed by atoms with Gasteiger partial charge in [0.25, 0.3) is 5.91 Å². The van der Waals surface area contributed by atoms with Gasteiger partial charge in [-0.15, -0.1) is 0 Å². The summed E-state index contributed by atoms with van der Waals surface area (Å²) in [6, 6.07) is 12.9. The molecule has 1 atom stereocenters. The first-order valence-electron chi connectivity index (χ1n) is 6.15. The Morgan fingerprint density at radius 3 is 2.60 bits per heavy atom. The van der Waals surface area contributed by atoms with Crippen LogP contribution >= 0.6 is 23.2 Å². The third-order valence-electron chi connectivity index (χ3n) is 3.44. The van der Waals surface area contributed by atoms with Gasteiger partial charge in [-0.3, -0.25) is 4.79 Å². The minimum Gasteiger partial charge on any atom is -0.350 e. The lowest BCUT2D eigenvalue weighted by Gasteiger charge is -2.36. The van der Waals surface area contributed by atoms with Gasteiger partial charge in [0.2, 0.25) is 0 Å². The van der Waals surface area contributed by atoms with Crippen molar-refractivity contribution in [3.63, 3.8) is 0 Å². The molecule has 1 amide bonds. The van der Waals surface area contributed by atoms with Crippen LogP contribution in [-0.4, -0.2) is 13.0 Å². The average Bonchev–Trinajstić information content (AvgIpc) is 2.46. The first-order valence-corrected chi connectivity index (χ1v) is 6.91. The second-order valence-corrected chi connectivity index (χ2v) is 5.49. The zero-order valence-corrected chi connectivity index (χ0v) is 12.2. The fourth-order valence-corrected chi connectivity index (χ4v) is 2.71. The van der Waals surface area contributed by atoms with Crippen LogP contribution in [0.25, 0.3) is 0 Å². The van der Waals surface area contributed by atoms with E-state index in [-0.39, 0.29) is 12.1 Å². The molecule has 0 unspecified atom stereocenters. The number of hydrogen-bond acceptors (Lipinski definition) is 2. The number of halogens is 2. The molecule has 5 heteroatoms. The summed E-state index contributed by atoms with van der Waals surface area (Å²) >= 11 is 12.0. The first kappa shape index (κ1) is 13.3. The predicted molar refractivity (Wildman–Crippen MR) is 81.5 cm³/mol. The molecule has 1 aliphatic heterocycles. The molecule has 2 aromatic rings. The van der Waals surface area contributed by atoms with Crippen LogP contribution in [0, 0.1) is 0 Å². The molecule has 3 rings (SSSR count). The van der Waals surface area contributed by atoms with Crippen molar-refractivity contribution in [3.8, 4) is 0 Å². The van der Waals surface area contributed by atoms with Gasteiger partial charge in [0, 0.05) is 7.05 Å². The Bertz CT molecular complexity index is 687. The highest BCUT2D eigenvalue weighted by molar-refractivity contribution is 6.42. The van der Waals surface area contributed by atoms with Gasteiger partial charge in [-0.2, -0.15) is 0 Å². The van der Waals surface area contributed by atoms with E-state index in [4.69, 9.17) is 23.2 Å². The predicted octanol–water partition coefficient (Wildman–Crippen LogP) is 3.87. The molecule has 1 heterocycles. The van der Waals surface area contributed by atoms with Crippen LogP contribution in [0.5, 0.6) is 0 Å². The fraction of sp³-hybridized carbons (Fsp3) is 0.133. The van der Waals surface area contributed by atoms with Gasteiger partial charge in [-0.25, -0.2) is 0 Å². The molecule has 0 saturated heterocycles. The Kier molecular flexibility index (Phi) is 3.32. The van der Waals surface area contributed by atoms with E-state index in [2.05, 4.69) is 5.32 Å². The van der Waals surface area contributed by atoms with Crippen molar-refractivity contribution < 1.29 is 4.79 Å². The molecule has 0 aliphatic carbocycles. The average molecular weight is 307 g/mol. The van der Waals surface area contributed by atoms with Crippen LogP contribution < -0.4 is 10.2 Å². The summed E-state index contributed by atoms with van der Waals surface area (Å²) in [6.07, 6.45) is -0.257. The molecule has 3 nitrogen and oxygen atoms in total. The summed E-state index contributed by atoms with van der Waals surface area (Å²) in [4.78, 5) is 14.2. The minimum atomic E-state index is -0.257. The van der Waals surface area contributed by atoms with Gasteiger partial charge in [-0.1, -0.05) is 41.4 Å². The molecule has 0 fully saturated rings. The highest BCUT2D eigenvalue weighted by atomic mass is 35.5. The van der Waals surface area contributed by atoms with Crippen LogP contribution in [0.1, 0.15) is 22.1 Å². The van der Waals surface area contributed by atoms with Crippen molar-refractivity contribution in [1.82, 2.24) is 5.32 Å². The Balaban J connectivity index is 2.04. The lowest BCUT2D eigenvalue weighted by atomic mass is 10.0. The molecule has 0 aromatic heterocycles. The summed E-state index contributed by atoms with van der Waals surface area (Å²) in [6.45, 7) is 0. The van der Waals surface area contributed by atoms with Crippen LogP contribution in [0.2, 0.25) is 10.0 Å². The number of hydrogen-bond donors (Lipinski definition) is 1. The van der Waals surface area contributed by atoms with Gasteiger partial charge >= 0.3 is 0 Å². The number of nitrogens with zero attached hydrogens (tertiary/aromatic N) is 1. The second kappa shape index (κ2) is 5.00. The number of carbonyl (C=O) groups excluding carboxylic acids is 1. The molecule has 1 aliphatic rings. The van der Waals surface area contributed by atoms with Crippen LogP contribution in [0.15, 0.2) is 42.5 Å². The quantitative estimate of drug-likeness (QED) is 0.867. The highest BCUT2D eigenvalue weighted by Crippen LogP contribution is 2.33. The van der Waals surface area contributed by atoms with E-state index in [1.807, 2.05) is 42.3 Å². The Morgan fingerprint density at radius 1 is 1.10 bits per heavy atom. The van der Waals surface area contributed by atoms with Gasteiger partial charge in [-0.05, 0) is 29.8 Å². The maximum absolute atomic E-state index is 12.2. The summed E-state index contributed by atoms with van der Waals surface area (Å²) in [5.74, 6) is -0.0882. The Morgan fingerprint density at radius 2 is 1.85 bits per heavy atom. The number of nitrogens with one attached hydrogen (secondary N) is 1. The number of benzene rings is 2. The lowest BCUT2D eigenvalue weighted by Crippen LogP contribution is -2.44. The number of amides is 1. The van der Waals surface area contributed by atoms with Crippen molar-refractivity contribution in [2.45, 2.75) is 6.17 Å². The standard InChI is InChI=1S/C15H12Cl2N2O/c1-19-13-5-3-2-4-10(13)15(20)18-14(19)9-6-7-11(16)12(17)8-9/h2-8,14H,1H3,(H,18,20)/t14-/m0/s1. The molecule has 0 saturated carbocycles. The smallest absolute Gasteiger partial charge is 0.255 e. The van der Waals surface area contributed by atoms with Crippen molar-refractivity contribution in [1.29, 1.82) is 0 Å². The molecule has 0 radical (unpaired) electrons. The fourth-order valence-electron chi connectivity index (χ4n) is 2.40. The van der Waals surface area contributed by atoms with E-state index in [0.29, 0.717) is 15.6 Å². The zero-order chi connectivity index (χ0) is 14.3. The van der Waals surface area contributed by atoms with Gasteiger partial charge < -0.3 is 10.2 Å². The van der Waals surface area contributed by atoms with Crippen molar-refractivity contribution in [3.05, 3.63) is 63.6 Å². The maximum atomic E-state index is 12.2. The molecule has 2 aromatic carbocycles. The third kappa shape index (κ3) is 2.13. The summed E-state index contributed by atoms with van der Waals surface area (Å²) in [5.41, 5.74) is 2.46. The van der Waals surface area contributed by atoms with E-state index >= 15 is 0 Å². The Labute approximate surface area is 127 Å². The molecule has 0 spiro atoms. The van der Waals surface area contributed by atoms with E-state index in [1.165, 1.54) is 0 Å². The minimum absolute atomic E-state index is 0.0882. The van der Waals surface area contributed by atoms with Crippen LogP contribution in [0.3, 0.4) is 0 Å². The van der Waals surface area contributed by atoms with Crippen molar-refractivity contribution >= 4 is 34.8 Å². The molecule has 0 bridgehead atoms. The van der Waals surface area contributed by atoms with Gasteiger partial charge in [0.1, 0.15) is 6.17 Å². The second-order valence-electron chi connectivity index (χ2n) is 4.68. The number of para-hydroxylation sites is 1. The Hall–Kier alpha value is -1.71. The zero-order valence-electron chi connectivity index (χ0n) is 10.7. The number of anilines is 1. The van der Waals surface area contributed by atoms with E-state index < -0.39 is 0 Å². The summed E-state index contributed by atoms with van der Waals surface area (Å²) in [7, 11) is 1.94. The monoisotopic (exact) mass is 306 g/mol. The molecule has 20 heavy (non-hydrogen) atoms. The SMILES string of the molecule is CN1c2ccccc2C(=O)N[C@@H]1c1ccc(Cl)c(Cl)c1.